The lowest BCUT2D eigenvalue weighted by atomic mass is 9.88. The number of hydrogen-bond donors (Lipinski definition) is 1. The lowest BCUT2D eigenvalue weighted by molar-refractivity contribution is 0.148. The predicted molar refractivity (Wildman–Crippen MR) is 83.6 cm³/mol. The first kappa shape index (κ1) is 14.4. The monoisotopic (exact) mass is 289 g/mol. The van der Waals surface area contributed by atoms with Crippen molar-refractivity contribution in [3.05, 3.63) is 35.6 Å². The summed E-state index contributed by atoms with van der Waals surface area (Å²) >= 11 is 0. The summed E-state index contributed by atoms with van der Waals surface area (Å²) < 4.78 is 14.3. The molecule has 3 nitrogen and oxygen atoms in total. The Balaban J connectivity index is 1.95. The quantitative estimate of drug-likeness (QED) is 0.848. The Morgan fingerprint density at radius 3 is 2.52 bits per heavy atom. The molecule has 1 atom stereocenters. The van der Waals surface area contributed by atoms with E-state index in [1.807, 2.05) is 12.1 Å². The molecule has 4 heteroatoms. The molecule has 1 aliphatic heterocycles. The summed E-state index contributed by atoms with van der Waals surface area (Å²) in [7, 11) is 0. The zero-order valence-corrected chi connectivity index (χ0v) is 12.7. The summed E-state index contributed by atoms with van der Waals surface area (Å²) in [6, 6.07) is 7.40. The summed E-state index contributed by atoms with van der Waals surface area (Å²) in [4.78, 5) is 6.64. The van der Waals surface area contributed by atoms with Gasteiger partial charge in [-0.15, -0.1) is 0 Å². The Kier molecular flexibility index (Phi) is 3.87. The fraction of sp³-hybridized carbons (Fsp3) is 0.588. The highest BCUT2D eigenvalue weighted by Crippen LogP contribution is 2.38. The first-order valence-corrected chi connectivity index (χ1v) is 7.97. The maximum absolute atomic E-state index is 14.3. The second-order valence-electron chi connectivity index (χ2n) is 6.44. The van der Waals surface area contributed by atoms with Crippen molar-refractivity contribution in [3.63, 3.8) is 0 Å². The first-order chi connectivity index (χ1) is 10.1. The lowest BCUT2D eigenvalue weighted by Crippen LogP contribution is -2.53. The van der Waals surface area contributed by atoms with Gasteiger partial charge in [-0.1, -0.05) is 43.9 Å². The Labute approximate surface area is 126 Å². The Hall–Kier alpha value is -1.58. The van der Waals surface area contributed by atoms with E-state index in [0.717, 1.165) is 12.8 Å². The van der Waals surface area contributed by atoms with Gasteiger partial charge >= 0.3 is 0 Å². The number of guanidine groups is 1. The van der Waals surface area contributed by atoms with Crippen LogP contribution < -0.4 is 5.73 Å². The molecule has 1 saturated carbocycles. The molecule has 21 heavy (non-hydrogen) atoms. The van der Waals surface area contributed by atoms with E-state index >= 15 is 0 Å². The minimum atomic E-state index is -0.454. The second-order valence-corrected chi connectivity index (χ2v) is 6.44. The summed E-state index contributed by atoms with van der Waals surface area (Å²) in [5.74, 6) is 0.413. The highest BCUT2D eigenvalue weighted by Gasteiger charge is 2.44. The Bertz CT molecular complexity index is 535. The van der Waals surface area contributed by atoms with Gasteiger partial charge in [0, 0.05) is 11.6 Å². The molecule has 114 valence electrons. The van der Waals surface area contributed by atoms with Crippen LogP contribution in [0.25, 0.3) is 0 Å². The van der Waals surface area contributed by atoms with Gasteiger partial charge in [-0.05, 0) is 25.8 Å². The van der Waals surface area contributed by atoms with E-state index in [-0.39, 0.29) is 5.82 Å². The van der Waals surface area contributed by atoms with Gasteiger partial charge in [-0.2, -0.15) is 0 Å². The van der Waals surface area contributed by atoms with Crippen molar-refractivity contribution < 1.29 is 4.39 Å². The van der Waals surface area contributed by atoms with E-state index in [1.54, 1.807) is 6.07 Å². The number of hydrogen-bond acceptors (Lipinski definition) is 3. The van der Waals surface area contributed by atoms with Crippen LogP contribution >= 0.6 is 0 Å². The predicted octanol–water partition coefficient (Wildman–Crippen LogP) is 3.39. The van der Waals surface area contributed by atoms with Gasteiger partial charge in [-0.3, -0.25) is 4.99 Å². The van der Waals surface area contributed by atoms with Crippen molar-refractivity contribution in [1.29, 1.82) is 0 Å². The van der Waals surface area contributed by atoms with E-state index in [9.17, 15) is 4.39 Å². The average molecular weight is 289 g/mol. The molecule has 2 aliphatic rings. The van der Waals surface area contributed by atoms with Gasteiger partial charge in [-0.25, -0.2) is 4.39 Å². The number of halogens is 1. The number of nitrogens with two attached hydrogens (primary N) is 1. The smallest absolute Gasteiger partial charge is 0.192 e. The van der Waals surface area contributed by atoms with Crippen LogP contribution in [0.5, 0.6) is 0 Å². The maximum Gasteiger partial charge on any atom is 0.192 e. The molecule has 1 unspecified atom stereocenters. The van der Waals surface area contributed by atoms with Crippen LogP contribution in [0, 0.1) is 5.82 Å². The summed E-state index contributed by atoms with van der Waals surface area (Å²) in [5, 5.41) is 0. The Morgan fingerprint density at radius 2 is 1.86 bits per heavy atom. The van der Waals surface area contributed by atoms with Crippen molar-refractivity contribution >= 4 is 5.96 Å². The first-order valence-electron chi connectivity index (χ1n) is 7.97. The molecule has 0 aromatic heterocycles. The molecule has 1 heterocycles. The zero-order chi connectivity index (χ0) is 14.9. The SMILES string of the molecule is CC1(c2ccccc2F)CN=C(N)N1C1CCCCCC1. The number of aliphatic imine (C=N–C) groups is 1. The number of rotatable bonds is 2. The van der Waals surface area contributed by atoms with Gasteiger partial charge in [0.25, 0.3) is 0 Å². The van der Waals surface area contributed by atoms with Crippen LogP contribution in [-0.2, 0) is 5.54 Å². The molecular formula is C17H24FN3. The van der Waals surface area contributed by atoms with Crippen LogP contribution in [-0.4, -0.2) is 23.4 Å². The third kappa shape index (κ3) is 2.52. The van der Waals surface area contributed by atoms with Gasteiger partial charge in [0.05, 0.1) is 12.1 Å². The fourth-order valence-corrected chi connectivity index (χ4v) is 3.86. The van der Waals surface area contributed by atoms with Crippen LogP contribution in [0.2, 0.25) is 0 Å². The van der Waals surface area contributed by atoms with E-state index in [2.05, 4.69) is 16.8 Å². The normalized spacial score (nSPS) is 27.5. The highest BCUT2D eigenvalue weighted by atomic mass is 19.1. The summed E-state index contributed by atoms with van der Waals surface area (Å²) in [6.45, 7) is 2.61. The molecular weight excluding hydrogens is 265 g/mol. The minimum Gasteiger partial charge on any atom is -0.370 e. The Morgan fingerprint density at radius 1 is 1.19 bits per heavy atom. The van der Waals surface area contributed by atoms with Crippen LogP contribution in [0.4, 0.5) is 4.39 Å². The lowest BCUT2D eigenvalue weighted by Gasteiger charge is -2.42. The van der Waals surface area contributed by atoms with E-state index in [1.165, 1.54) is 31.7 Å². The standard InChI is InChI=1S/C17H24FN3/c1-17(14-10-6-7-11-15(14)18)12-20-16(19)21(17)13-8-4-2-3-5-9-13/h6-7,10-11,13H,2-5,8-9,12H2,1H3,(H2,19,20). The van der Waals surface area contributed by atoms with Crippen LogP contribution in [0.15, 0.2) is 29.3 Å². The highest BCUT2D eigenvalue weighted by molar-refractivity contribution is 5.81. The van der Waals surface area contributed by atoms with Gasteiger partial charge in [0.15, 0.2) is 5.96 Å². The molecule has 1 fully saturated rings. The van der Waals surface area contributed by atoms with Gasteiger partial charge < -0.3 is 10.6 Å². The maximum atomic E-state index is 14.3. The van der Waals surface area contributed by atoms with Crippen LogP contribution in [0.3, 0.4) is 0 Å². The molecule has 0 saturated heterocycles. The van der Waals surface area contributed by atoms with Gasteiger partial charge in [0.1, 0.15) is 5.82 Å². The van der Waals surface area contributed by atoms with Crippen molar-refractivity contribution in [1.82, 2.24) is 4.90 Å². The third-order valence-corrected chi connectivity index (χ3v) is 4.97. The fourth-order valence-electron chi connectivity index (χ4n) is 3.86. The molecule has 1 aliphatic carbocycles. The van der Waals surface area contributed by atoms with Crippen LogP contribution in [0.1, 0.15) is 51.0 Å². The van der Waals surface area contributed by atoms with E-state index < -0.39 is 5.54 Å². The molecule has 0 amide bonds. The number of nitrogens with zero attached hydrogens (tertiary/aromatic N) is 2. The molecule has 2 N–H and O–H groups in total. The minimum absolute atomic E-state index is 0.163. The third-order valence-electron chi connectivity index (χ3n) is 4.97. The largest absolute Gasteiger partial charge is 0.370 e. The van der Waals surface area contributed by atoms with Crippen molar-refractivity contribution in [2.24, 2.45) is 10.7 Å². The summed E-state index contributed by atoms with van der Waals surface area (Å²) in [5.41, 5.74) is 6.43. The molecule has 3 rings (SSSR count). The van der Waals surface area contributed by atoms with Crippen molar-refractivity contribution in [2.75, 3.05) is 6.54 Å². The molecule has 1 aromatic carbocycles. The second kappa shape index (κ2) is 5.66. The van der Waals surface area contributed by atoms with E-state index in [0.29, 0.717) is 24.1 Å². The van der Waals surface area contributed by atoms with Gasteiger partial charge in [0.2, 0.25) is 0 Å². The average Bonchev–Trinajstić information content (AvgIpc) is 2.68. The van der Waals surface area contributed by atoms with Crippen molar-refractivity contribution in [3.8, 4) is 0 Å². The van der Waals surface area contributed by atoms with E-state index in [4.69, 9.17) is 5.73 Å². The number of benzene rings is 1. The molecule has 0 spiro atoms. The molecule has 1 aromatic rings. The topological polar surface area (TPSA) is 41.6 Å². The summed E-state index contributed by atoms with van der Waals surface area (Å²) in [6.07, 6.45) is 7.28. The van der Waals surface area contributed by atoms with Crippen molar-refractivity contribution in [2.45, 2.75) is 57.0 Å². The molecule has 0 radical (unpaired) electrons. The zero-order valence-electron chi connectivity index (χ0n) is 12.7. The molecule has 0 bridgehead atoms.